The maximum absolute atomic E-state index is 6.38. The molecular formula is C22H24ClN3O2. The first kappa shape index (κ1) is 18.0. The molecule has 3 aromatic rings. The number of rotatable bonds is 4. The van der Waals surface area contributed by atoms with Crippen LogP contribution in [0.2, 0.25) is 5.02 Å². The van der Waals surface area contributed by atoms with Crippen molar-refractivity contribution in [2.45, 2.75) is 38.5 Å². The van der Waals surface area contributed by atoms with Crippen LogP contribution in [0.3, 0.4) is 0 Å². The zero-order chi connectivity index (χ0) is 18.9. The lowest BCUT2D eigenvalue weighted by Crippen LogP contribution is -2.22. The van der Waals surface area contributed by atoms with Crippen LogP contribution in [0.1, 0.15) is 36.9 Å². The molecule has 3 heterocycles. The van der Waals surface area contributed by atoms with Crippen LogP contribution in [0, 0.1) is 5.92 Å². The standard InChI is InChI=1S/C22H24ClN3O2/c23-16-5-7-17(8-6-16)26-22(28-14-15-9-11-27-12-10-15)19-13-24-20-4-2-1-3-18(20)21(19)25-26/h5-8,13,15H,1-4,9-12,14H2. The van der Waals surface area contributed by atoms with Gasteiger partial charge in [-0.15, -0.1) is 0 Å². The second kappa shape index (κ2) is 7.72. The lowest BCUT2D eigenvalue weighted by molar-refractivity contribution is 0.0489. The van der Waals surface area contributed by atoms with Crippen molar-refractivity contribution in [3.8, 4) is 11.6 Å². The van der Waals surface area contributed by atoms with E-state index in [9.17, 15) is 0 Å². The van der Waals surface area contributed by atoms with Crippen molar-refractivity contribution >= 4 is 22.5 Å². The smallest absolute Gasteiger partial charge is 0.226 e. The zero-order valence-electron chi connectivity index (χ0n) is 15.9. The minimum Gasteiger partial charge on any atom is -0.477 e. The van der Waals surface area contributed by atoms with E-state index < -0.39 is 0 Å². The number of aromatic nitrogens is 3. The van der Waals surface area contributed by atoms with Crippen LogP contribution < -0.4 is 4.74 Å². The number of hydrogen-bond acceptors (Lipinski definition) is 4. The van der Waals surface area contributed by atoms with Gasteiger partial charge in [0.2, 0.25) is 5.88 Å². The van der Waals surface area contributed by atoms with Crippen molar-refractivity contribution in [1.29, 1.82) is 0 Å². The van der Waals surface area contributed by atoms with Gasteiger partial charge in [0.25, 0.3) is 0 Å². The van der Waals surface area contributed by atoms with Crippen molar-refractivity contribution in [3.05, 3.63) is 46.7 Å². The van der Waals surface area contributed by atoms with Crippen LogP contribution in [0.5, 0.6) is 5.88 Å². The summed E-state index contributed by atoms with van der Waals surface area (Å²) in [5.74, 6) is 1.30. The van der Waals surface area contributed by atoms with E-state index in [1.54, 1.807) is 0 Å². The third-order valence-electron chi connectivity index (χ3n) is 5.82. The van der Waals surface area contributed by atoms with Crippen LogP contribution in [0.4, 0.5) is 0 Å². The van der Waals surface area contributed by atoms with E-state index in [1.165, 1.54) is 24.1 Å². The van der Waals surface area contributed by atoms with Crippen LogP contribution in [-0.4, -0.2) is 34.6 Å². The molecule has 0 atom stereocenters. The van der Waals surface area contributed by atoms with Crippen LogP contribution >= 0.6 is 11.6 Å². The first-order chi connectivity index (χ1) is 13.8. The van der Waals surface area contributed by atoms with Crippen molar-refractivity contribution in [2.24, 2.45) is 5.92 Å². The summed E-state index contributed by atoms with van der Waals surface area (Å²) in [5.41, 5.74) is 4.46. The van der Waals surface area contributed by atoms with Gasteiger partial charge in [0.15, 0.2) is 0 Å². The Morgan fingerprint density at radius 3 is 2.71 bits per heavy atom. The number of fused-ring (bicyclic) bond motifs is 3. The van der Waals surface area contributed by atoms with E-state index in [4.69, 9.17) is 31.2 Å². The Kier molecular flexibility index (Phi) is 4.95. The molecule has 28 heavy (non-hydrogen) atoms. The molecule has 0 saturated carbocycles. The van der Waals surface area contributed by atoms with Crippen LogP contribution in [0.15, 0.2) is 30.5 Å². The monoisotopic (exact) mass is 397 g/mol. The molecule has 0 amide bonds. The lowest BCUT2D eigenvalue weighted by Gasteiger charge is -2.22. The minimum absolute atomic E-state index is 0.517. The number of nitrogens with zero attached hydrogens (tertiary/aromatic N) is 3. The van der Waals surface area contributed by atoms with Crippen molar-refractivity contribution < 1.29 is 9.47 Å². The molecule has 0 spiro atoms. The number of ether oxygens (including phenoxy) is 2. The SMILES string of the molecule is Clc1ccc(-n2nc3c4c(ncc3c2OCC2CCOCC2)CCCC4)cc1. The molecule has 2 aromatic heterocycles. The summed E-state index contributed by atoms with van der Waals surface area (Å²) in [6.07, 6.45) is 8.50. The number of hydrogen-bond donors (Lipinski definition) is 0. The highest BCUT2D eigenvalue weighted by Crippen LogP contribution is 2.34. The summed E-state index contributed by atoms with van der Waals surface area (Å²) in [4.78, 5) is 4.75. The van der Waals surface area contributed by atoms with Crippen LogP contribution in [-0.2, 0) is 17.6 Å². The quantitative estimate of drug-likeness (QED) is 0.637. The molecule has 1 fully saturated rings. The second-order valence-corrected chi connectivity index (χ2v) is 8.15. The average Bonchev–Trinajstić information content (AvgIpc) is 3.12. The average molecular weight is 398 g/mol. The van der Waals surface area contributed by atoms with Crippen molar-refractivity contribution in [3.63, 3.8) is 0 Å². The van der Waals surface area contributed by atoms with E-state index in [-0.39, 0.29) is 0 Å². The number of aryl methyl sites for hydroxylation is 2. The Hall–Kier alpha value is -2.11. The minimum atomic E-state index is 0.517. The summed E-state index contributed by atoms with van der Waals surface area (Å²) < 4.78 is 13.8. The van der Waals surface area contributed by atoms with E-state index in [0.717, 1.165) is 61.4 Å². The summed E-state index contributed by atoms with van der Waals surface area (Å²) >= 11 is 6.09. The first-order valence-electron chi connectivity index (χ1n) is 10.2. The van der Waals surface area contributed by atoms with Crippen LogP contribution in [0.25, 0.3) is 16.6 Å². The number of halogens is 1. The Morgan fingerprint density at radius 2 is 1.89 bits per heavy atom. The van der Waals surface area contributed by atoms with Gasteiger partial charge in [0, 0.05) is 35.7 Å². The highest BCUT2D eigenvalue weighted by molar-refractivity contribution is 6.30. The van der Waals surface area contributed by atoms with Crippen molar-refractivity contribution in [1.82, 2.24) is 14.8 Å². The maximum Gasteiger partial charge on any atom is 0.226 e. The molecule has 2 aliphatic rings. The molecule has 6 heteroatoms. The van der Waals surface area contributed by atoms with Gasteiger partial charge in [-0.3, -0.25) is 4.98 Å². The molecule has 1 aromatic carbocycles. The molecule has 1 aliphatic carbocycles. The van der Waals surface area contributed by atoms with Gasteiger partial charge >= 0.3 is 0 Å². The molecule has 5 rings (SSSR count). The Bertz CT molecular complexity index is 978. The Labute approximate surface area is 169 Å². The fourth-order valence-electron chi connectivity index (χ4n) is 4.19. The molecule has 0 unspecified atom stereocenters. The van der Waals surface area contributed by atoms with E-state index in [2.05, 4.69) is 0 Å². The zero-order valence-corrected chi connectivity index (χ0v) is 16.6. The molecule has 0 N–H and O–H groups in total. The maximum atomic E-state index is 6.38. The molecular weight excluding hydrogens is 374 g/mol. The third kappa shape index (κ3) is 3.38. The van der Waals surface area contributed by atoms with E-state index in [1.807, 2.05) is 35.1 Å². The van der Waals surface area contributed by atoms with E-state index >= 15 is 0 Å². The second-order valence-electron chi connectivity index (χ2n) is 7.71. The number of pyridine rings is 1. The van der Waals surface area contributed by atoms with Gasteiger partial charge < -0.3 is 9.47 Å². The Morgan fingerprint density at radius 1 is 1.11 bits per heavy atom. The van der Waals surface area contributed by atoms with Gasteiger partial charge in [-0.2, -0.15) is 9.78 Å². The highest BCUT2D eigenvalue weighted by atomic mass is 35.5. The van der Waals surface area contributed by atoms with Gasteiger partial charge in [0.1, 0.15) is 5.52 Å². The number of benzene rings is 1. The predicted molar refractivity (Wildman–Crippen MR) is 110 cm³/mol. The Balaban J connectivity index is 1.57. The molecule has 1 saturated heterocycles. The molecule has 0 bridgehead atoms. The highest BCUT2D eigenvalue weighted by Gasteiger charge is 2.23. The van der Waals surface area contributed by atoms with E-state index in [0.29, 0.717) is 17.5 Å². The van der Waals surface area contributed by atoms with Gasteiger partial charge in [-0.1, -0.05) is 11.6 Å². The largest absolute Gasteiger partial charge is 0.477 e. The first-order valence-corrected chi connectivity index (χ1v) is 10.5. The fourth-order valence-corrected chi connectivity index (χ4v) is 4.32. The van der Waals surface area contributed by atoms with Gasteiger partial charge in [-0.05, 0) is 68.7 Å². The third-order valence-corrected chi connectivity index (χ3v) is 6.07. The predicted octanol–water partition coefficient (Wildman–Crippen LogP) is 4.76. The molecule has 146 valence electrons. The lowest BCUT2D eigenvalue weighted by atomic mass is 9.95. The summed E-state index contributed by atoms with van der Waals surface area (Å²) in [7, 11) is 0. The topological polar surface area (TPSA) is 49.2 Å². The molecule has 0 radical (unpaired) electrons. The van der Waals surface area contributed by atoms with Gasteiger partial charge in [0.05, 0.1) is 17.7 Å². The molecule has 5 nitrogen and oxygen atoms in total. The summed E-state index contributed by atoms with van der Waals surface area (Å²) in [6, 6.07) is 7.74. The normalized spacial score (nSPS) is 17.6. The summed E-state index contributed by atoms with van der Waals surface area (Å²) in [6.45, 7) is 2.31. The summed E-state index contributed by atoms with van der Waals surface area (Å²) in [5, 5.41) is 6.69. The molecule has 1 aliphatic heterocycles. The van der Waals surface area contributed by atoms with Gasteiger partial charge in [-0.25, -0.2) is 0 Å². The van der Waals surface area contributed by atoms with Crippen molar-refractivity contribution in [2.75, 3.05) is 19.8 Å². The fraction of sp³-hybridized carbons (Fsp3) is 0.455.